The van der Waals surface area contributed by atoms with Gasteiger partial charge < -0.3 is 20.7 Å². The Labute approximate surface area is 167 Å². The van der Waals surface area contributed by atoms with Crippen LogP contribution in [0.3, 0.4) is 0 Å². The van der Waals surface area contributed by atoms with E-state index in [9.17, 15) is 4.79 Å². The number of hydrogen-bond donors (Lipinski definition) is 2. The van der Waals surface area contributed by atoms with Crippen molar-refractivity contribution < 1.29 is 9.53 Å². The predicted molar refractivity (Wildman–Crippen MR) is 113 cm³/mol. The molecule has 0 spiro atoms. The lowest BCUT2D eigenvalue weighted by Gasteiger charge is -2.40. The minimum absolute atomic E-state index is 0. The number of halogens is 1. The van der Waals surface area contributed by atoms with Crippen LogP contribution in [0.25, 0.3) is 0 Å². The molecule has 0 aromatic heterocycles. The zero-order valence-electron chi connectivity index (χ0n) is 15.9. The van der Waals surface area contributed by atoms with Crippen LogP contribution in [-0.2, 0) is 4.79 Å². The van der Waals surface area contributed by atoms with E-state index in [1.807, 2.05) is 54.3 Å². The van der Waals surface area contributed by atoms with Crippen LogP contribution in [0.15, 0.2) is 48.5 Å². The van der Waals surface area contributed by atoms with E-state index in [2.05, 4.69) is 18.3 Å². The summed E-state index contributed by atoms with van der Waals surface area (Å²) in [5.41, 5.74) is 8.68. The van der Waals surface area contributed by atoms with E-state index >= 15 is 0 Å². The molecule has 1 heterocycles. The lowest BCUT2D eigenvalue weighted by molar-refractivity contribution is -0.118. The van der Waals surface area contributed by atoms with Crippen molar-refractivity contribution in [2.24, 2.45) is 5.73 Å². The van der Waals surface area contributed by atoms with Crippen LogP contribution >= 0.6 is 12.4 Å². The smallest absolute Gasteiger partial charge is 0.226 e. The quantitative estimate of drug-likeness (QED) is 0.779. The lowest BCUT2D eigenvalue weighted by Crippen LogP contribution is -2.44. The van der Waals surface area contributed by atoms with Gasteiger partial charge in [0, 0.05) is 30.4 Å². The molecule has 0 radical (unpaired) electrons. The van der Waals surface area contributed by atoms with E-state index in [1.165, 1.54) is 0 Å². The van der Waals surface area contributed by atoms with Crippen LogP contribution in [0.2, 0.25) is 0 Å². The fraction of sp³-hybridized carbons (Fsp3) is 0.381. The number of fused-ring (bicyclic) bond motifs is 1. The third-order valence-corrected chi connectivity index (χ3v) is 4.74. The Bertz CT molecular complexity index is 751. The average Bonchev–Trinajstić information content (AvgIpc) is 2.67. The number of ether oxygens (including phenoxy) is 1. The van der Waals surface area contributed by atoms with E-state index in [4.69, 9.17) is 10.5 Å². The van der Waals surface area contributed by atoms with Crippen molar-refractivity contribution in [2.75, 3.05) is 23.4 Å². The minimum atomic E-state index is 0. The Morgan fingerprint density at radius 3 is 2.59 bits per heavy atom. The second-order valence-electron chi connectivity index (χ2n) is 6.62. The maximum atomic E-state index is 12.4. The summed E-state index contributed by atoms with van der Waals surface area (Å²) in [6.45, 7) is 5.05. The number of amides is 1. The molecule has 2 aromatic rings. The van der Waals surface area contributed by atoms with E-state index in [0.29, 0.717) is 19.6 Å². The summed E-state index contributed by atoms with van der Waals surface area (Å²) in [5.74, 6) is 0.989. The van der Waals surface area contributed by atoms with Gasteiger partial charge in [0.15, 0.2) is 0 Å². The highest BCUT2D eigenvalue weighted by atomic mass is 35.5. The molecule has 0 fully saturated rings. The monoisotopic (exact) mass is 389 g/mol. The van der Waals surface area contributed by atoms with Crippen LogP contribution in [0, 0.1) is 0 Å². The zero-order chi connectivity index (χ0) is 18.5. The van der Waals surface area contributed by atoms with E-state index in [-0.39, 0.29) is 30.4 Å². The van der Waals surface area contributed by atoms with Gasteiger partial charge in [-0.3, -0.25) is 4.79 Å². The minimum Gasteiger partial charge on any atom is -0.492 e. The van der Waals surface area contributed by atoms with E-state index in [0.717, 1.165) is 29.1 Å². The summed E-state index contributed by atoms with van der Waals surface area (Å²) in [7, 11) is 0. The van der Waals surface area contributed by atoms with Crippen molar-refractivity contribution >= 4 is 29.7 Å². The van der Waals surface area contributed by atoms with Gasteiger partial charge in [0.1, 0.15) is 12.4 Å². The van der Waals surface area contributed by atoms with E-state index < -0.39 is 0 Å². The van der Waals surface area contributed by atoms with Gasteiger partial charge in [0.25, 0.3) is 0 Å². The molecule has 3 rings (SSSR count). The van der Waals surface area contributed by atoms with Crippen LogP contribution in [0.4, 0.5) is 11.4 Å². The normalized spacial score (nSPS) is 18.3. The molecule has 146 valence electrons. The number of para-hydroxylation sites is 1. The molecule has 5 nitrogen and oxygen atoms in total. The number of carbonyl (C=O) groups excluding carboxylic acids is 1. The fourth-order valence-electron chi connectivity index (χ4n) is 3.53. The number of rotatable bonds is 6. The second-order valence-corrected chi connectivity index (χ2v) is 6.62. The number of nitrogens with zero attached hydrogens (tertiary/aromatic N) is 1. The summed E-state index contributed by atoms with van der Waals surface area (Å²) in [6.07, 6.45) is 1.38. The molecule has 0 aliphatic carbocycles. The van der Waals surface area contributed by atoms with Crippen molar-refractivity contribution in [3.63, 3.8) is 0 Å². The first kappa shape index (κ1) is 21.1. The van der Waals surface area contributed by atoms with Gasteiger partial charge in [-0.1, -0.05) is 25.1 Å². The van der Waals surface area contributed by atoms with Gasteiger partial charge in [0.2, 0.25) is 5.91 Å². The topological polar surface area (TPSA) is 67.6 Å². The highest BCUT2D eigenvalue weighted by Crippen LogP contribution is 2.39. The molecule has 3 N–H and O–H groups in total. The molecule has 2 atom stereocenters. The first-order valence-electron chi connectivity index (χ1n) is 9.24. The summed E-state index contributed by atoms with van der Waals surface area (Å²) < 4.78 is 5.53. The van der Waals surface area contributed by atoms with Crippen LogP contribution < -0.4 is 20.7 Å². The van der Waals surface area contributed by atoms with Crippen LogP contribution in [-0.4, -0.2) is 25.1 Å². The van der Waals surface area contributed by atoms with Gasteiger partial charge in [-0.25, -0.2) is 0 Å². The van der Waals surface area contributed by atoms with Crippen molar-refractivity contribution in [3.05, 3.63) is 54.1 Å². The zero-order valence-corrected chi connectivity index (χ0v) is 16.7. The SMILES string of the molecule is CCC(=O)N1c2ccccc2[C@H](Nc2ccc(OCCN)cc2)C[C@@H]1C.Cl. The van der Waals surface area contributed by atoms with Crippen molar-refractivity contribution in [1.29, 1.82) is 0 Å². The summed E-state index contributed by atoms with van der Waals surface area (Å²) in [6, 6.07) is 16.4. The molecule has 0 saturated heterocycles. The Hall–Kier alpha value is -2.24. The number of nitrogens with one attached hydrogen (secondary N) is 1. The maximum Gasteiger partial charge on any atom is 0.226 e. The molecule has 1 amide bonds. The van der Waals surface area contributed by atoms with Crippen molar-refractivity contribution in [2.45, 2.75) is 38.8 Å². The number of anilines is 2. The highest BCUT2D eigenvalue weighted by Gasteiger charge is 2.32. The molecule has 1 aliphatic heterocycles. The molecule has 1 aliphatic rings. The van der Waals surface area contributed by atoms with Crippen LogP contribution in [0.1, 0.15) is 38.3 Å². The maximum absolute atomic E-state index is 12.4. The first-order chi connectivity index (χ1) is 12.6. The number of carbonyl (C=O) groups is 1. The van der Waals surface area contributed by atoms with Crippen LogP contribution in [0.5, 0.6) is 5.75 Å². The first-order valence-corrected chi connectivity index (χ1v) is 9.24. The van der Waals surface area contributed by atoms with Gasteiger partial charge in [-0.05, 0) is 49.2 Å². The predicted octanol–water partition coefficient (Wildman–Crippen LogP) is 4.13. The molecule has 27 heavy (non-hydrogen) atoms. The fourth-order valence-corrected chi connectivity index (χ4v) is 3.53. The summed E-state index contributed by atoms with van der Waals surface area (Å²) >= 11 is 0. The average molecular weight is 390 g/mol. The van der Waals surface area contributed by atoms with Gasteiger partial charge >= 0.3 is 0 Å². The van der Waals surface area contributed by atoms with Gasteiger partial charge in [-0.15, -0.1) is 12.4 Å². The number of nitrogens with two attached hydrogens (primary N) is 1. The van der Waals surface area contributed by atoms with Crippen molar-refractivity contribution in [1.82, 2.24) is 0 Å². The summed E-state index contributed by atoms with van der Waals surface area (Å²) in [5, 5.41) is 3.61. The molecule has 0 bridgehead atoms. The third-order valence-electron chi connectivity index (χ3n) is 4.74. The molecule has 6 heteroatoms. The molecular formula is C21H28ClN3O2. The molecule has 2 aromatic carbocycles. The highest BCUT2D eigenvalue weighted by molar-refractivity contribution is 5.95. The second kappa shape index (κ2) is 9.62. The largest absolute Gasteiger partial charge is 0.492 e. The molecule has 0 saturated carbocycles. The van der Waals surface area contributed by atoms with E-state index in [1.54, 1.807) is 0 Å². The van der Waals surface area contributed by atoms with Gasteiger partial charge in [0.05, 0.1) is 6.04 Å². The molecular weight excluding hydrogens is 362 g/mol. The number of hydrogen-bond acceptors (Lipinski definition) is 4. The number of benzene rings is 2. The Kier molecular flexibility index (Phi) is 7.51. The van der Waals surface area contributed by atoms with Crippen molar-refractivity contribution in [3.8, 4) is 5.75 Å². The third kappa shape index (κ3) is 4.73. The van der Waals surface area contributed by atoms with Gasteiger partial charge in [-0.2, -0.15) is 0 Å². The Balaban J connectivity index is 0.00000261. The Morgan fingerprint density at radius 1 is 1.22 bits per heavy atom. The summed E-state index contributed by atoms with van der Waals surface area (Å²) in [4.78, 5) is 14.4. The lowest BCUT2D eigenvalue weighted by atomic mass is 9.91. The standard InChI is InChI=1S/C21H27N3O2.ClH/c1-3-21(25)24-15(2)14-19(18-6-4-5-7-20(18)24)23-16-8-10-17(11-9-16)26-13-12-22;/h4-11,15,19,23H,3,12-14,22H2,1-2H3;1H/t15-,19+;/m0./s1. The Morgan fingerprint density at radius 2 is 1.93 bits per heavy atom. The molecule has 0 unspecified atom stereocenters.